The molecule has 1 rings (SSSR count). The molecule has 0 bridgehead atoms. The highest BCUT2D eigenvalue weighted by Gasteiger charge is 2.23. The van der Waals surface area contributed by atoms with Crippen molar-refractivity contribution in [2.75, 3.05) is 13.7 Å². The van der Waals surface area contributed by atoms with Crippen LogP contribution in [0.3, 0.4) is 0 Å². The minimum Gasteiger partial charge on any atom is -0.467 e. The molecule has 27 heavy (non-hydrogen) atoms. The van der Waals surface area contributed by atoms with Crippen molar-refractivity contribution in [2.24, 2.45) is 11.1 Å². The first-order valence-corrected chi connectivity index (χ1v) is 9.68. The molecular formula is C17H24N2O7S. The zero-order valence-corrected chi connectivity index (χ0v) is 16.5. The van der Waals surface area contributed by atoms with Gasteiger partial charge in [0.2, 0.25) is 10.0 Å². The molecule has 1 amide bonds. The molecule has 1 aromatic carbocycles. The van der Waals surface area contributed by atoms with Gasteiger partial charge in [0.25, 0.3) is 5.91 Å². The minimum absolute atomic E-state index is 0.0656. The monoisotopic (exact) mass is 400 g/mol. The molecule has 1 unspecified atom stereocenters. The van der Waals surface area contributed by atoms with Crippen molar-refractivity contribution >= 4 is 27.9 Å². The van der Waals surface area contributed by atoms with E-state index in [1.807, 2.05) is 13.8 Å². The summed E-state index contributed by atoms with van der Waals surface area (Å²) in [5.41, 5.74) is 0.311. The van der Waals surface area contributed by atoms with E-state index in [0.29, 0.717) is 12.0 Å². The largest absolute Gasteiger partial charge is 0.467 e. The van der Waals surface area contributed by atoms with Crippen molar-refractivity contribution in [3.8, 4) is 0 Å². The van der Waals surface area contributed by atoms with Gasteiger partial charge in [0, 0.05) is 0 Å². The number of benzene rings is 1. The number of carbonyl (C=O) groups excluding carboxylic acids is 3. The molecule has 0 aliphatic rings. The molecule has 10 heteroatoms. The van der Waals surface area contributed by atoms with E-state index in [1.165, 1.54) is 26.2 Å². The third-order valence-electron chi connectivity index (χ3n) is 3.59. The highest BCUT2D eigenvalue weighted by molar-refractivity contribution is 7.89. The number of esters is 2. The molecule has 0 heterocycles. The van der Waals surface area contributed by atoms with Crippen LogP contribution in [0, 0.1) is 12.8 Å². The Kier molecular flexibility index (Phi) is 7.92. The molecule has 0 radical (unpaired) electrons. The summed E-state index contributed by atoms with van der Waals surface area (Å²) in [7, 11) is -2.79. The Labute approximate surface area is 158 Å². The van der Waals surface area contributed by atoms with Crippen molar-refractivity contribution in [2.45, 2.75) is 38.1 Å². The zero-order chi connectivity index (χ0) is 20.8. The third kappa shape index (κ3) is 6.99. The van der Waals surface area contributed by atoms with Crippen LogP contribution in [0.25, 0.3) is 0 Å². The van der Waals surface area contributed by atoms with Crippen molar-refractivity contribution in [3.63, 3.8) is 0 Å². The third-order valence-corrected chi connectivity index (χ3v) is 4.65. The van der Waals surface area contributed by atoms with E-state index in [-0.39, 0.29) is 16.4 Å². The highest BCUT2D eigenvalue weighted by atomic mass is 32.2. The van der Waals surface area contributed by atoms with E-state index in [4.69, 9.17) is 9.88 Å². The van der Waals surface area contributed by atoms with Gasteiger partial charge in [-0.2, -0.15) is 0 Å². The first-order valence-electron chi connectivity index (χ1n) is 8.13. The molecule has 1 atom stereocenters. The zero-order valence-electron chi connectivity index (χ0n) is 15.6. The van der Waals surface area contributed by atoms with E-state index in [9.17, 15) is 22.8 Å². The SMILES string of the molecule is COC(=O)C(CC(C)C)NC(=O)COC(=O)c1ccc(C)c(S(N)(=O)=O)c1. The molecule has 0 aromatic heterocycles. The number of sulfonamides is 1. The van der Waals surface area contributed by atoms with Gasteiger partial charge in [-0.05, 0) is 37.0 Å². The van der Waals surface area contributed by atoms with Gasteiger partial charge < -0.3 is 14.8 Å². The van der Waals surface area contributed by atoms with E-state index >= 15 is 0 Å². The number of carbonyl (C=O) groups is 3. The number of ether oxygens (including phenoxy) is 2. The number of aryl methyl sites for hydroxylation is 1. The number of rotatable bonds is 8. The van der Waals surface area contributed by atoms with Gasteiger partial charge in [-0.3, -0.25) is 4.79 Å². The fraction of sp³-hybridized carbons (Fsp3) is 0.471. The van der Waals surface area contributed by atoms with Gasteiger partial charge in [-0.15, -0.1) is 0 Å². The number of amides is 1. The summed E-state index contributed by atoms with van der Waals surface area (Å²) in [5, 5.41) is 7.54. The van der Waals surface area contributed by atoms with Gasteiger partial charge in [0.05, 0.1) is 17.6 Å². The number of hydrogen-bond acceptors (Lipinski definition) is 7. The lowest BCUT2D eigenvalue weighted by Gasteiger charge is -2.18. The van der Waals surface area contributed by atoms with Gasteiger partial charge in [0.15, 0.2) is 6.61 Å². The molecule has 0 saturated carbocycles. The lowest BCUT2D eigenvalue weighted by atomic mass is 10.0. The minimum atomic E-state index is -4.00. The molecule has 3 N–H and O–H groups in total. The van der Waals surface area contributed by atoms with Crippen LogP contribution in [0.4, 0.5) is 0 Å². The van der Waals surface area contributed by atoms with Crippen molar-refractivity contribution in [3.05, 3.63) is 29.3 Å². The Balaban J connectivity index is 2.76. The summed E-state index contributed by atoms with van der Waals surface area (Å²) < 4.78 is 32.5. The Bertz CT molecular complexity index is 819. The van der Waals surface area contributed by atoms with Gasteiger partial charge in [-0.25, -0.2) is 23.1 Å². The van der Waals surface area contributed by atoms with Crippen LogP contribution in [0.15, 0.2) is 23.1 Å². The summed E-state index contributed by atoms with van der Waals surface area (Å²) in [5.74, 6) is -2.05. The van der Waals surface area contributed by atoms with Crippen LogP contribution in [-0.2, 0) is 29.1 Å². The van der Waals surface area contributed by atoms with E-state index < -0.39 is 40.5 Å². The molecule has 0 saturated heterocycles. The maximum atomic E-state index is 12.1. The standard InChI is InChI=1S/C17H24N2O7S/c1-10(2)7-13(17(22)25-4)19-15(20)9-26-16(21)12-6-5-11(3)14(8-12)27(18,23)24/h5-6,8,10,13H,7,9H2,1-4H3,(H,19,20)(H2,18,23,24). The molecule has 9 nitrogen and oxygen atoms in total. The van der Waals surface area contributed by atoms with Gasteiger partial charge >= 0.3 is 11.9 Å². The second-order valence-electron chi connectivity index (χ2n) is 6.37. The summed E-state index contributed by atoms with van der Waals surface area (Å²) in [6.07, 6.45) is 0.363. The van der Waals surface area contributed by atoms with E-state index in [1.54, 1.807) is 0 Å². The number of methoxy groups -OCH3 is 1. The smallest absolute Gasteiger partial charge is 0.338 e. The number of nitrogens with one attached hydrogen (secondary N) is 1. The first kappa shape index (κ1) is 22.6. The molecule has 1 aromatic rings. The first-order chi connectivity index (χ1) is 12.5. The number of nitrogens with two attached hydrogens (primary N) is 1. The molecular weight excluding hydrogens is 376 g/mol. The van der Waals surface area contributed by atoms with Gasteiger partial charge in [-0.1, -0.05) is 19.9 Å². The highest BCUT2D eigenvalue weighted by Crippen LogP contribution is 2.16. The fourth-order valence-corrected chi connectivity index (χ4v) is 3.12. The van der Waals surface area contributed by atoms with Crippen LogP contribution in [0.1, 0.15) is 36.2 Å². The average molecular weight is 400 g/mol. The Morgan fingerprint density at radius 2 is 1.85 bits per heavy atom. The predicted octanol–water partition coefficient (Wildman–Crippen LogP) is 0.503. The maximum absolute atomic E-state index is 12.1. The lowest BCUT2D eigenvalue weighted by molar-refractivity contribution is -0.145. The van der Waals surface area contributed by atoms with Crippen molar-refractivity contribution in [1.29, 1.82) is 0 Å². The van der Waals surface area contributed by atoms with Crippen molar-refractivity contribution < 1.29 is 32.3 Å². The quantitative estimate of drug-likeness (QED) is 0.605. The normalized spacial score (nSPS) is 12.4. The fourth-order valence-electron chi connectivity index (χ4n) is 2.31. The molecule has 0 aliphatic carbocycles. The van der Waals surface area contributed by atoms with Crippen LogP contribution in [-0.4, -0.2) is 46.0 Å². The summed E-state index contributed by atoms with van der Waals surface area (Å²) in [6.45, 7) is 4.65. The number of hydrogen-bond donors (Lipinski definition) is 2. The molecule has 150 valence electrons. The van der Waals surface area contributed by atoms with Crippen LogP contribution < -0.4 is 10.5 Å². The summed E-state index contributed by atoms with van der Waals surface area (Å²) in [6, 6.07) is 3.00. The Morgan fingerprint density at radius 3 is 2.37 bits per heavy atom. The lowest BCUT2D eigenvalue weighted by Crippen LogP contribution is -2.44. The van der Waals surface area contributed by atoms with Crippen LogP contribution in [0.2, 0.25) is 0 Å². The number of primary sulfonamides is 1. The maximum Gasteiger partial charge on any atom is 0.338 e. The molecule has 0 spiro atoms. The van der Waals surface area contributed by atoms with Gasteiger partial charge in [0.1, 0.15) is 6.04 Å². The second-order valence-corrected chi connectivity index (χ2v) is 7.90. The van der Waals surface area contributed by atoms with E-state index in [2.05, 4.69) is 10.1 Å². The average Bonchev–Trinajstić information content (AvgIpc) is 2.57. The molecule has 0 fully saturated rings. The second kappa shape index (κ2) is 9.47. The summed E-state index contributed by atoms with van der Waals surface area (Å²) in [4.78, 5) is 35.5. The van der Waals surface area contributed by atoms with Crippen LogP contribution in [0.5, 0.6) is 0 Å². The predicted molar refractivity (Wildman–Crippen MR) is 96.2 cm³/mol. The molecule has 0 aliphatic heterocycles. The Morgan fingerprint density at radius 1 is 1.22 bits per heavy atom. The Hall–Kier alpha value is -2.46. The topological polar surface area (TPSA) is 142 Å². The van der Waals surface area contributed by atoms with E-state index in [0.717, 1.165) is 6.07 Å². The van der Waals surface area contributed by atoms with Crippen LogP contribution >= 0.6 is 0 Å². The van der Waals surface area contributed by atoms with Crippen molar-refractivity contribution in [1.82, 2.24) is 5.32 Å². The summed E-state index contributed by atoms with van der Waals surface area (Å²) >= 11 is 0.